The molecule has 1 N–H and O–H groups in total. The molecule has 2 heterocycles. The van der Waals surface area contributed by atoms with Gasteiger partial charge < -0.3 is 9.80 Å². The molecular formula is C14H27N3O. The fourth-order valence-electron chi connectivity index (χ4n) is 3.20. The number of nitrogens with one attached hydrogen (secondary N) is 1. The Morgan fingerprint density at radius 2 is 2.00 bits per heavy atom. The highest BCUT2D eigenvalue weighted by atomic mass is 16.2. The fourth-order valence-corrected chi connectivity index (χ4v) is 3.20. The summed E-state index contributed by atoms with van der Waals surface area (Å²) in [6.07, 6.45) is 5.33. The largest absolute Gasteiger partial charge is 0.326 e. The van der Waals surface area contributed by atoms with Crippen LogP contribution in [-0.4, -0.2) is 53.6 Å². The Kier molecular flexibility index (Phi) is 4.62. The zero-order valence-corrected chi connectivity index (χ0v) is 12.0. The van der Waals surface area contributed by atoms with E-state index in [-0.39, 0.29) is 18.1 Å². The minimum absolute atomic E-state index is 0.00564. The van der Waals surface area contributed by atoms with E-state index in [1.54, 1.807) is 0 Å². The summed E-state index contributed by atoms with van der Waals surface area (Å²) < 4.78 is 0. The molecular weight excluding hydrogens is 226 g/mol. The second-order valence-electron chi connectivity index (χ2n) is 5.83. The van der Waals surface area contributed by atoms with Crippen LogP contribution in [0.5, 0.6) is 0 Å². The van der Waals surface area contributed by atoms with E-state index in [0.29, 0.717) is 0 Å². The van der Waals surface area contributed by atoms with Crippen molar-refractivity contribution in [2.24, 2.45) is 0 Å². The molecule has 0 aromatic carbocycles. The van der Waals surface area contributed by atoms with Crippen LogP contribution in [0.2, 0.25) is 0 Å². The third-order valence-electron chi connectivity index (χ3n) is 4.40. The summed E-state index contributed by atoms with van der Waals surface area (Å²) in [7, 11) is 0. The number of hydrogen-bond acceptors (Lipinski definition) is 3. The number of rotatable bonds is 4. The van der Waals surface area contributed by atoms with Crippen LogP contribution in [0.15, 0.2) is 0 Å². The number of piperidine rings is 1. The van der Waals surface area contributed by atoms with E-state index >= 15 is 0 Å². The summed E-state index contributed by atoms with van der Waals surface area (Å²) >= 11 is 0. The van der Waals surface area contributed by atoms with Crippen molar-refractivity contribution in [2.75, 3.05) is 19.6 Å². The van der Waals surface area contributed by atoms with E-state index in [2.05, 4.69) is 24.1 Å². The number of likely N-dealkylation sites (tertiary alicyclic amines) is 1. The molecule has 0 spiro atoms. The van der Waals surface area contributed by atoms with Crippen LogP contribution in [0.1, 0.15) is 46.5 Å². The van der Waals surface area contributed by atoms with Crippen molar-refractivity contribution in [2.45, 2.75) is 64.7 Å². The average molecular weight is 253 g/mol. The molecule has 2 aliphatic heterocycles. The Hall–Kier alpha value is -0.610. The minimum Gasteiger partial charge on any atom is -0.326 e. The van der Waals surface area contributed by atoms with Crippen molar-refractivity contribution in [3.63, 3.8) is 0 Å². The Balaban J connectivity index is 1.73. The van der Waals surface area contributed by atoms with Gasteiger partial charge in [0.15, 0.2) is 0 Å². The molecule has 18 heavy (non-hydrogen) atoms. The van der Waals surface area contributed by atoms with Crippen molar-refractivity contribution in [3.8, 4) is 0 Å². The van der Waals surface area contributed by atoms with Crippen LogP contribution in [0, 0.1) is 0 Å². The molecule has 3 unspecified atom stereocenters. The smallest absolute Gasteiger partial charge is 0.240 e. The van der Waals surface area contributed by atoms with E-state index in [0.717, 1.165) is 25.6 Å². The normalized spacial score (nSPS) is 34.3. The lowest BCUT2D eigenvalue weighted by molar-refractivity contribution is -0.129. The number of carbonyl (C=O) groups is 1. The van der Waals surface area contributed by atoms with Crippen LogP contribution in [0.25, 0.3) is 0 Å². The first-order valence-electron chi connectivity index (χ1n) is 7.40. The Morgan fingerprint density at radius 3 is 2.61 bits per heavy atom. The van der Waals surface area contributed by atoms with Gasteiger partial charge in [0.25, 0.3) is 0 Å². The highest BCUT2D eigenvalue weighted by molar-refractivity contribution is 5.83. The molecule has 4 nitrogen and oxygen atoms in total. The van der Waals surface area contributed by atoms with Gasteiger partial charge in [0.2, 0.25) is 5.91 Å². The van der Waals surface area contributed by atoms with Gasteiger partial charge >= 0.3 is 0 Å². The highest BCUT2D eigenvalue weighted by Gasteiger charge is 2.32. The van der Waals surface area contributed by atoms with Crippen molar-refractivity contribution in [3.05, 3.63) is 0 Å². The van der Waals surface area contributed by atoms with Crippen LogP contribution in [-0.2, 0) is 4.79 Å². The van der Waals surface area contributed by atoms with Gasteiger partial charge in [0.1, 0.15) is 0 Å². The topological polar surface area (TPSA) is 35.6 Å². The number of carbonyl (C=O) groups excluding carboxylic acids is 1. The second kappa shape index (κ2) is 6.02. The molecule has 104 valence electrons. The zero-order chi connectivity index (χ0) is 13.1. The van der Waals surface area contributed by atoms with Gasteiger partial charge in [-0.3, -0.25) is 10.1 Å². The molecule has 0 radical (unpaired) electrons. The molecule has 2 rings (SSSR count). The Labute approximate surface area is 111 Å². The maximum atomic E-state index is 11.9. The monoisotopic (exact) mass is 253 g/mol. The van der Waals surface area contributed by atoms with E-state index in [4.69, 9.17) is 0 Å². The molecule has 0 aromatic rings. The molecule has 0 bridgehead atoms. The molecule has 0 aliphatic carbocycles. The van der Waals surface area contributed by atoms with Gasteiger partial charge in [0.05, 0.1) is 12.2 Å². The van der Waals surface area contributed by atoms with Crippen molar-refractivity contribution < 1.29 is 4.79 Å². The van der Waals surface area contributed by atoms with Gasteiger partial charge in [-0.15, -0.1) is 0 Å². The Morgan fingerprint density at radius 1 is 1.22 bits per heavy atom. The van der Waals surface area contributed by atoms with Gasteiger partial charge in [-0.25, -0.2) is 0 Å². The van der Waals surface area contributed by atoms with E-state index in [1.165, 1.54) is 25.8 Å². The Bertz CT molecular complexity index is 295. The third-order valence-corrected chi connectivity index (χ3v) is 4.40. The predicted molar refractivity (Wildman–Crippen MR) is 73.3 cm³/mol. The first kappa shape index (κ1) is 13.8. The molecule has 0 aromatic heterocycles. The summed E-state index contributed by atoms with van der Waals surface area (Å²) in [4.78, 5) is 16.5. The first-order valence-corrected chi connectivity index (χ1v) is 7.40. The first-order chi connectivity index (χ1) is 8.59. The van der Waals surface area contributed by atoms with E-state index < -0.39 is 0 Å². The number of amides is 1. The van der Waals surface area contributed by atoms with Crippen molar-refractivity contribution in [1.29, 1.82) is 0 Å². The summed E-state index contributed by atoms with van der Waals surface area (Å²) in [6.45, 7) is 9.61. The van der Waals surface area contributed by atoms with Gasteiger partial charge in [0, 0.05) is 19.1 Å². The quantitative estimate of drug-likeness (QED) is 0.823. The lowest BCUT2D eigenvalue weighted by atomic mass is 10.0. The average Bonchev–Trinajstić information content (AvgIpc) is 2.58. The van der Waals surface area contributed by atoms with Gasteiger partial charge in [-0.1, -0.05) is 6.42 Å². The van der Waals surface area contributed by atoms with Crippen molar-refractivity contribution in [1.82, 2.24) is 15.1 Å². The maximum Gasteiger partial charge on any atom is 0.240 e. The highest BCUT2D eigenvalue weighted by Crippen LogP contribution is 2.17. The number of hydrogen-bond donors (Lipinski definition) is 1. The van der Waals surface area contributed by atoms with Crippen LogP contribution in [0.4, 0.5) is 0 Å². The molecule has 2 fully saturated rings. The minimum atomic E-state index is -0.00564. The second-order valence-corrected chi connectivity index (χ2v) is 5.83. The SMILES string of the molecule is CC1NC(C)N(CCCN2CCCCC2C)C1=O. The van der Waals surface area contributed by atoms with Gasteiger partial charge in [-0.05, 0) is 46.6 Å². The lowest BCUT2D eigenvalue weighted by Crippen LogP contribution is -2.41. The van der Waals surface area contributed by atoms with Crippen molar-refractivity contribution >= 4 is 5.91 Å². The lowest BCUT2D eigenvalue weighted by Gasteiger charge is -2.34. The third kappa shape index (κ3) is 3.04. The zero-order valence-electron chi connectivity index (χ0n) is 12.0. The van der Waals surface area contributed by atoms with Crippen LogP contribution < -0.4 is 5.32 Å². The van der Waals surface area contributed by atoms with E-state index in [1.807, 2.05) is 11.8 Å². The standard InChI is InChI=1S/C14H27N3O/c1-11-7-4-5-8-16(11)9-6-10-17-13(3)15-12(2)14(17)18/h11-13,15H,4-10H2,1-3H3. The predicted octanol–water partition coefficient (Wildman–Crippen LogP) is 1.42. The van der Waals surface area contributed by atoms with E-state index in [9.17, 15) is 4.79 Å². The molecule has 2 aliphatic rings. The number of nitrogens with zero attached hydrogens (tertiary/aromatic N) is 2. The maximum absolute atomic E-state index is 11.9. The molecule has 0 saturated carbocycles. The molecule has 4 heteroatoms. The summed E-state index contributed by atoms with van der Waals surface area (Å²) in [5, 5.41) is 3.28. The summed E-state index contributed by atoms with van der Waals surface area (Å²) in [6, 6.07) is 0.719. The van der Waals surface area contributed by atoms with Crippen LogP contribution >= 0.6 is 0 Å². The van der Waals surface area contributed by atoms with Gasteiger partial charge in [-0.2, -0.15) is 0 Å². The molecule has 3 atom stereocenters. The summed E-state index contributed by atoms with van der Waals surface area (Å²) in [5.74, 6) is 0.259. The fraction of sp³-hybridized carbons (Fsp3) is 0.929. The summed E-state index contributed by atoms with van der Waals surface area (Å²) in [5.41, 5.74) is 0. The molecule has 1 amide bonds. The molecule has 2 saturated heterocycles. The van der Waals surface area contributed by atoms with Crippen LogP contribution in [0.3, 0.4) is 0 Å².